The van der Waals surface area contributed by atoms with Crippen molar-refractivity contribution in [2.24, 2.45) is 0 Å². The fourth-order valence-corrected chi connectivity index (χ4v) is 4.12. The van der Waals surface area contributed by atoms with Gasteiger partial charge in [-0.05, 0) is 39.6 Å². The van der Waals surface area contributed by atoms with Crippen LogP contribution in [0.1, 0.15) is 27.0 Å². The molecule has 0 atom stereocenters. The fraction of sp³-hybridized carbons (Fsp3) is 0.0417. The van der Waals surface area contributed by atoms with Crippen LogP contribution in [0.15, 0.2) is 97.1 Å². The maximum Gasteiger partial charge on any atom is 0.182 e. The highest BCUT2D eigenvalue weighted by molar-refractivity contribution is 6.20. The van der Waals surface area contributed by atoms with Crippen LogP contribution in [0.3, 0.4) is 0 Å². The van der Waals surface area contributed by atoms with Gasteiger partial charge in [0, 0.05) is 5.56 Å². The number of carbonyl (C=O) groups excluding carboxylic acids is 1. The summed E-state index contributed by atoms with van der Waals surface area (Å²) in [6, 6.07) is 32.7. The van der Waals surface area contributed by atoms with Crippen LogP contribution in [-0.2, 0) is 5.41 Å². The molecule has 0 amide bonds. The highest BCUT2D eigenvalue weighted by Crippen LogP contribution is 2.51. The zero-order valence-electron chi connectivity index (χ0n) is 13.6. The van der Waals surface area contributed by atoms with Gasteiger partial charge in [-0.2, -0.15) is 0 Å². The number of carbonyl (C=O) groups is 1. The van der Waals surface area contributed by atoms with Gasteiger partial charge in [-0.3, -0.25) is 4.79 Å². The lowest BCUT2D eigenvalue weighted by atomic mass is 9.55. The first-order valence-electron chi connectivity index (χ1n) is 8.51. The molecule has 0 heterocycles. The van der Waals surface area contributed by atoms with E-state index in [1.54, 1.807) is 0 Å². The van der Waals surface area contributed by atoms with Crippen molar-refractivity contribution in [3.63, 3.8) is 0 Å². The van der Waals surface area contributed by atoms with E-state index in [2.05, 4.69) is 42.5 Å². The summed E-state index contributed by atoms with van der Waals surface area (Å²) in [7, 11) is 0. The molecule has 4 aromatic carbocycles. The average Bonchev–Trinajstić information content (AvgIpc) is 2.69. The molecular weight excluding hydrogens is 304 g/mol. The SMILES string of the molecule is O=C1c2cc3ccccc3cc2C1(c1ccccc1)c1ccccc1. The zero-order valence-corrected chi connectivity index (χ0v) is 13.6. The predicted octanol–water partition coefficient (Wildman–Crippen LogP) is 5.37. The Morgan fingerprint density at radius 2 is 1.04 bits per heavy atom. The molecule has 1 aliphatic carbocycles. The second kappa shape index (κ2) is 5.15. The molecule has 0 saturated carbocycles. The van der Waals surface area contributed by atoms with E-state index in [1.807, 2.05) is 54.6 Å². The number of hydrogen-bond donors (Lipinski definition) is 0. The smallest absolute Gasteiger partial charge is 0.182 e. The van der Waals surface area contributed by atoms with Crippen LogP contribution in [0.2, 0.25) is 0 Å². The average molecular weight is 320 g/mol. The highest BCUT2D eigenvalue weighted by Gasteiger charge is 2.53. The van der Waals surface area contributed by atoms with Crippen molar-refractivity contribution in [1.82, 2.24) is 0 Å². The summed E-state index contributed by atoms with van der Waals surface area (Å²) in [5.41, 5.74) is 3.32. The van der Waals surface area contributed by atoms with Gasteiger partial charge in [-0.15, -0.1) is 0 Å². The van der Waals surface area contributed by atoms with E-state index in [9.17, 15) is 4.79 Å². The summed E-state index contributed by atoms with van der Waals surface area (Å²) in [6.07, 6.45) is 0. The molecule has 0 unspecified atom stereocenters. The van der Waals surface area contributed by atoms with Crippen LogP contribution in [0.25, 0.3) is 10.8 Å². The van der Waals surface area contributed by atoms with Crippen LogP contribution in [0.5, 0.6) is 0 Å². The lowest BCUT2D eigenvalue weighted by Crippen LogP contribution is -2.48. The molecule has 5 rings (SSSR count). The minimum absolute atomic E-state index is 0.186. The van der Waals surface area contributed by atoms with E-state index in [1.165, 1.54) is 5.39 Å². The lowest BCUT2D eigenvalue weighted by molar-refractivity contribution is 0.0898. The number of ketones is 1. The first-order valence-corrected chi connectivity index (χ1v) is 8.51. The Kier molecular flexibility index (Phi) is 2.92. The molecule has 25 heavy (non-hydrogen) atoms. The van der Waals surface area contributed by atoms with Gasteiger partial charge >= 0.3 is 0 Å². The molecule has 0 aliphatic heterocycles. The lowest BCUT2D eigenvalue weighted by Gasteiger charge is -2.43. The van der Waals surface area contributed by atoms with Gasteiger partial charge in [0.15, 0.2) is 5.78 Å². The van der Waals surface area contributed by atoms with Crippen LogP contribution < -0.4 is 0 Å². The maximum absolute atomic E-state index is 13.4. The Balaban J connectivity index is 1.87. The van der Waals surface area contributed by atoms with Gasteiger partial charge in [0.05, 0.1) is 0 Å². The first-order chi connectivity index (χ1) is 12.3. The first kappa shape index (κ1) is 14.2. The minimum atomic E-state index is -0.693. The van der Waals surface area contributed by atoms with Crippen molar-refractivity contribution in [2.45, 2.75) is 5.41 Å². The van der Waals surface area contributed by atoms with Gasteiger partial charge in [-0.1, -0.05) is 84.9 Å². The van der Waals surface area contributed by atoms with Gasteiger partial charge in [0.25, 0.3) is 0 Å². The molecular formula is C24H16O. The summed E-state index contributed by atoms with van der Waals surface area (Å²) in [6.45, 7) is 0. The minimum Gasteiger partial charge on any atom is -0.292 e. The third-order valence-electron chi connectivity index (χ3n) is 5.29. The topological polar surface area (TPSA) is 17.1 Å². The molecule has 1 heteroatoms. The molecule has 1 nitrogen and oxygen atoms in total. The van der Waals surface area contributed by atoms with Gasteiger partial charge in [0.2, 0.25) is 0 Å². The molecule has 0 bridgehead atoms. The van der Waals surface area contributed by atoms with Gasteiger partial charge < -0.3 is 0 Å². The van der Waals surface area contributed by atoms with Crippen molar-refractivity contribution < 1.29 is 4.79 Å². The Hall–Kier alpha value is -3.19. The van der Waals surface area contributed by atoms with Crippen molar-refractivity contribution in [2.75, 3.05) is 0 Å². The molecule has 4 aromatic rings. The summed E-state index contributed by atoms with van der Waals surface area (Å²) >= 11 is 0. The van der Waals surface area contributed by atoms with E-state index >= 15 is 0 Å². The monoisotopic (exact) mass is 320 g/mol. The third-order valence-corrected chi connectivity index (χ3v) is 5.29. The van der Waals surface area contributed by atoms with E-state index in [0.717, 1.165) is 27.6 Å². The highest BCUT2D eigenvalue weighted by atomic mass is 16.1. The summed E-state index contributed by atoms with van der Waals surface area (Å²) in [4.78, 5) is 13.4. The van der Waals surface area contributed by atoms with E-state index in [4.69, 9.17) is 0 Å². The second-order valence-electron chi connectivity index (χ2n) is 6.56. The standard InChI is InChI=1S/C24H16O/c25-23-21-15-17-9-7-8-10-18(17)16-22(21)24(23,19-11-3-1-4-12-19)20-13-5-2-6-14-20/h1-16H. The van der Waals surface area contributed by atoms with Crippen LogP contribution >= 0.6 is 0 Å². The molecule has 0 aromatic heterocycles. The van der Waals surface area contributed by atoms with Crippen LogP contribution in [0, 0.1) is 0 Å². The number of fused-ring (bicyclic) bond motifs is 2. The number of rotatable bonds is 2. The molecule has 1 aliphatic rings. The molecule has 0 spiro atoms. The predicted molar refractivity (Wildman–Crippen MR) is 101 cm³/mol. The van der Waals surface area contributed by atoms with E-state index in [0.29, 0.717) is 0 Å². The summed E-state index contributed by atoms with van der Waals surface area (Å²) in [5, 5.41) is 2.29. The van der Waals surface area contributed by atoms with Crippen molar-refractivity contribution >= 4 is 16.6 Å². The number of hydrogen-bond acceptors (Lipinski definition) is 1. The Morgan fingerprint density at radius 3 is 1.60 bits per heavy atom. The Labute approximate surface area is 146 Å². The second-order valence-corrected chi connectivity index (χ2v) is 6.56. The normalized spacial score (nSPS) is 14.8. The van der Waals surface area contributed by atoms with E-state index < -0.39 is 5.41 Å². The van der Waals surface area contributed by atoms with Crippen molar-refractivity contribution in [1.29, 1.82) is 0 Å². The molecule has 0 fully saturated rings. The maximum atomic E-state index is 13.4. The van der Waals surface area contributed by atoms with Gasteiger partial charge in [-0.25, -0.2) is 0 Å². The molecule has 118 valence electrons. The van der Waals surface area contributed by atoms with Crippen LogP contribution in [-0.4, -0.2) is 5.78 Å². The largest absolute Gasteiger partial charge is 0.292 e. The fourth-order valence-electron chi connectivity index (χ4n) is 4.12. The number of Topliss-reactive ketones (excluding diaryl/α,β-unsaturated/α-hetero) is 1. The molecule has 0 radical (unpaired) electrons. The van der Waals surface area contributed by atoms with Gasteiger partial charge in [0.1, 0.15) is 5.41 Å². The number of benzene rings is 4. The molecule has 0 N–H and O–H groups in total. The van der Waals surface area contributed by atoms with Crippen LogP contribution in [0.4, 0.5) is 0 Å². The van der Waals surface area contributed by atoms with Crippen molar-refractivity contribution in [3.8, 4) is 0 Å². The van der Waals surface area contributed by atoms with E-state index in [-0.39, 0.29) is 5.78 Å². The quantitative estimate of drug-likeness (QED) is 0.485. The zero-order chi connectivity index (χ0) is 16.9. The Morgan fingerprint density at radius 1 is 0.560 bits per heavy atom. The van der Waals surface area contributed by atoms with Crippen molar-refractivity contribution in [3.05, 3.63) is 119 Å². The molecule has 0 saturated heterocycles. The Bertz CT molecular complexity index is 1060. The third kappa shape index (κ3) is 1.81. The summed E-state index contributed by atoms with van der Waals surface area (Å²) < 4.78 is 0. The summed E-state index contributed by atoms with van der Waals surface area (Å²) in [5.74, 6) is 0.186.